The summed E-state index contributed by atoms with van der Waals surface area (Å²) in [6, 6.07) is 4.25. The van der Waals surface area contributed by atoms with E-state index in [1.165, 1.54) is 17.0 Å². The van der Waals surface area contributed by atoms with Crippen molar-refractivity contribution in [3.8, 4) is 0 Å². The molecule has 2 aromatic rings. The average molecular weight is 478 g/mol. The minimum Gasteiger partial charge on any atom is -0.490 e. The summed E-state index contributed by atoms with van der Waals surface area (Å²) in [5.74, 6) is -0.513. The van der Waals surface area contributed by atoms with E-state index < -0.39 is 30.0 Å². The summed E-state index contributed by atoms with van der Waals surface area (Å²) < 4.78 is 94.0. The molecule has 0 bridgehead atoms. The van der Waals surface area contributed by atoms with Gasteiger partial charge >= 0.3 is 12.4 Å². The molecule has 1 atom stereocenters. The Hall–Kier alpha value is -3.19. The third-order valence-electron chi connectivity index (χ3n) is 4.45. The van der Waals surface area contributed by atoms with Gasteiger partial charge in [-0.2, -0.15) is 26.3 Å². The molecule has 1 aromatic carbocycles. The topological polar surface area (TPSA) is 70.5 Å². The van der Waals surface area contributed by atoms with E-state index in [1.54, 1.807) is 0 Å². The van der Waals surface area contributed by atoms with Crippen LogP contribution in [0.4, 0.5) is 36.7 Å². The molecule has 13 heteroatoms. The van der Waals surface area contributed by atoms with Crippen molar-refractivity contribution in [3.05, 3.63) is 77.2 Å². The van der Waals surface area contributed by atoms with E-state index >= 15 is 0 Å². The molecule has 2 N–H and O–H groups in total. The van der Waals surface area contributed by atoms with E-state index in [2.05, 4.69) is 15.3 Å². The van der Waals surface area contributed by atoms with Gasteiger partial charge in [-0.25, -0.2) is 14.4 Å². The van der Waals surface area contributed by atoms with Gasteiger partial charge in [0.25, 0.3) is 0 Å². The SMILES string of the molecule is OC(/C=C/C(F)(F)F)N1CC(Nc2ncc(F)cn2)=C(OCc2ccc(C(F)(F)F)cc2)C1. The summed E-state index contributed by atoms with van der Waals surface area (Å²) in [6.45, 7) is -0.356. The smallest absolute Gasteiger partial charge is 0.416 e. The highest BCUT2D eigenvalue weighted by Crippen LogP contribution is 2.29. The first-order chi connectivity index (χ1) is 15.4. The van der Waals surface area contributed by atoms with E-state index in [1.807, 2.05) is 0 Å². The molecule has 1 unspecified atom stereocenters. The molecule has 1 aromatic heterocycles. The van der Waals surface area contributed by atoms with Crippen LogP contribution in [0.2, 0.25) is 0 Å². The number of nitrogens with zero attached hydrogens (tertiary/aromatic N) is 3. The number of allylic oxidation sites excluding steroid dienone is 1. The molecule has 3 rings (SSSR count). The lowest BCUT2D eigenvalue weighted by molar-refractivity contribution is -0.137. The lowest BCUT2D eigenvalue weighted by atomic mass is 10.1. The van der Waals surface area contributed by atoms with Crippen molar-refractivity contribution in [3.63, 3.8) is 0 Å². The number of ether oxygens (including phenoxy) is 1. The Bertz CT molecular complexity index is 1000. The number of aliphatic hydroxyl groups excluding tert-OH is 1. The number of anilines is 1. The van der Waals surface area contributed by atoms with E-state index in [-0.39, 0.29) is 43.2 Å². The maximum absolute atomic E-state index is 13.0. The van der Waals surface area contributed by atoms with Crippen LogP contribution in [0.5, 0.6) is 0 Å². The fourth-order valence-electron chi connectivity index (χ4n) is 2.85. The number of hydrogen-bond donors (Lipinski definition) is 2. The first-order valence-corrected chi connectivity index (χ1v) is 9.34. The highest BCUT2D eigenvalue weighted by molar-refractivity contribution is 5.38. The fourth-order valence-corrected chi connectivity index (χ4v) is 2.85. The van der Waals surface area contributed by atoms with Crippen LogP contribution in [0, 0.1) is 5.82 Å². The van der Waals surface area contributed by atoms with Crippen molar-refractivity contribution < 1.29 is 40.6 Å². The molecule has 0 aliphatic carbocycles. The van der Waals surface area contributed by atoms with Gasteiger partial charge in [0.05, 0.1) is 30.2 Å². The highest BCUT2D eigenvalue weighted by Gasteiger charge is 2.31. The summed E-state index contributed by atoms with van der Waals surface area (Å²) >= 11 is 0. The van der Waals surface area contributed by atoms with Gasteiger partial charge in [-0.3, -0.25) is 4.90 Å². The largest absolute Gasteiger partial charge is 0.490 e. The normalized spacial score (nSPS) is 16.5. The third kappa shape index (κ3) is 7.15. The van der Waals surface area contributed by atoms with Crippen molar-refractivity contribution in [1.29, 1.82) is 0 Å². The van der Waals surface area contributed by atoms with Crippen molar-refractivity contribution in [2.45, 2.75) is 25.2 Å². The number of aliphatic hydroxyl groups is 1. The molecular weight excluding hydrogens is 461 g/mol. The van der Waals surface area contributed by atoms with Crippen molar-refractivity contribution >= 4 is 5.95 Å². The van der Waals surface area contributed by atoms with Gasteiger partial charge in [0, 0.05) is 12.6 Å². The Morgan fingerprint density at radius 3 is 2.27 bits per heavy atom. The van der Waals surface area contributed by atoms with Crippen LogP contribution >= 0.6 is 0 Å². The molecule has 33 heavy (non-hydrogen) atoms. The minimum atomic E-state index is -4.61. The van der Waals surface area contributed by atoms with Crippen LogP contribution in [0.3, 0.4) is 0 Å². The summed E-state index contributed by atoms with van der Waals surface area (Å²) in [7, 11) is 0. The third-order valence-corrected chi connectivity index (χ3v) is 4.45. The van der Waals surface area contributed by atoms with E-state index in [4.69, 9.17) is 4.74 Å². The van der Waals surface area contributed by atoms with Crippen molar-refractivity contribution in [1.82, 2.24) is 14.9 Å². The van der Waals surface area contributed by atoms with E-state index in [0.29, 0.717) is 11.6 Å². The van der Waals surface area contributed by atoms with Gasteiger partial charge in [0.2, 0.25) is 5.95 Å². The standard InChI is InChI=1S/C20H17F7N4O2/c21-14-7-28-18(29-8-14)30-15-9-31(17(32)5-6-19(22,23)24)10-16(15)33-11-12-1-3-13(4-2-12)20(25,26)27/h1-8,17,32H,9-11H2,(H,28,29,30)/b6-5+. The number of halogens is 7. The Balaban J connectivity index is 1.74. The molecule has 0 radical (unpaired) electrons. The van der Waals surface area contributed by atoms with Crippen LogP contribution in [0.15, 0.2) is 60.3 Å². The summed E-state index contributed by atoms with van der Waals surface area (Å²) in [6.07, 6.45) is -8.46. The van der Waals surface area contributed by atoms with Crippen LogP contribution in [0.25, 0.3) is 0 Å². The molecule has 0 fully saturated rings. The highest BCUT2D eigenvalue weighted by atomic mass is 19.4. The number of aromatic nitrogens is 2. The molecule has 1 aliphatic rings. The van der Waals surface area contributed by atoms with Crippen molar-refractivity contribution in [2.24, 2.45) is 0 Å². The van der Waals surface area contributed by atoms with Gasteiger partial charge in [-0.15, -0.1) is 0 Å². The molecule has 0 amide bonds. The zero-order chi connectivity index (χ0) is 24.2. The summed E-state index contributed by atoms with van der Waals surface area (Å²) in [4.78, 5) is 8.69. The first kappa shape index (κ1) is 24.5. The zero-order valence-corrected chi connectivity index (χ0v) is 16.7. The molecule has 6 nitrogen and oxygen atoms in total. The molecular formula is C20H17F7N4O2. The van der Waals surface area contributed by atoms with Gasteiger partial charge in [-0.05, 0) is 23.8 Å². The average Bonchev–Trinajstić information content (AvgIpc) is 3.14. The Labute approximate surface area is 183 Å². The summed E-state index contributed by atoms with van der Waals surface area (Å²) in [5, 5.41) is 12.8. The number of hydrogen-bond acceptors (Lipinski definition) is 6. The number of alkyl halides is 6. The number of rotatable bonds is 7. The predicted molar refractivity (Wildman–Crippen MR) is 102 cm³/mol. The van der Waals surface area contributed by atoms with Crippen LogP contribution in [-0.4, -0.2) is 45.5 Å². The van der Waals surface area contributed by atoms with Gasteiger partial charge in [0.15, 0.2) is 5.82 Å². The molecule has 0 saturated heterocycles. The van der Waals surface area contributed by atoms with Gasteiger partial charge in [-0.1, -0.05) is 12.1 Å². The molecule has 178 valence electrons. The van der Waals surface area contributed by atoms with Gasteiger partial charge < -0.3 is 15.2 Å². The van der Waals surface area contributed by atoms with E-state index in [0.717, 1.165) is 24.5 Å². The first-order valence-electron chi connectivity index (χ1n) is 9.34. The Morgan fingerprint density at radius 1 is 1.06 bits per heavy atom. The molecule has 0 saturated carbocycles. The quantitative estimate of drug-likeness (QED) is 0.459. The maximum atomic E-state index is 13.0. The second-order valence-electron chi connectivity index (χ2n) is 6.95. The van der Waals surface area contributed by atoms with Crippen molar-refractivity contribution in [2.75, 3.05) is 18.4 Å². The zero-order valence-electron chi connectivity index (χ0n) is 16.7. The van der Waals surface area contributed by atoms with Crippen LogP contribution < -0.4 is 5.32 Å². The van der Waals surface area contributed by atoms with Gasteiger partial charge in [0.1, 0.15) is 18.6 Å². The Kier molecular flexibility index (Phi) is 7.22. The summed E-state index contributed by atoms with van der Waals surface area (Å²) in [5.41, 5.74) is -0.135. The van der Waals surface area contributed by atoms with Crippen LogP contribution in [-0.2, 0) is 17.5 Å². The molecule has 1 aliphatic heterocycles. The lowest BCUT2D eigenvalue weighted by Gasteiger charge is -2.20. The lowest BCUT2D eigenvalue weighted by Crippen LogP contribution is -2.33. The second kappa shape index (κ2) is 9.75. The number of nitrogens with one attached hydrogen (secondary N) is 1. The molecule has 2 heterocycles. The van der Waals surface area contributed by atoms with E-state index in [9.17, 15) is 35.8 Å². The van der Waals surface area contributed by atoms with Crippen LogP contribution in [0.1, 0.15) is 11.1 Å². The number of benzene rings is 1. The Morgan fingerprint density at radius 2 is 1.70 bits per heavy atom. The minimum absolute atomic E-state index is 0.0239. The molecule has 0 spiro atoms. The maximum Gasteiger partial charge on any atom is 0.416 e. The monoisotopic (exact) mass is 478 g/mol. The predicted octanol–water partition coefficient (Wildman–Crippen LogP) is 4.23. The second-order valence-corrected chi connectivity index (χ2v) is 6.95. The fraction of sp³-hybridized carbons (Fsp3) is 0.300.